The molecule has 0 saturated carbocycles. The minimum atomic E-state index is 0.352. The summed E-state index contributed by atoms with van der Waals surface area (Å²) in [6.45, 7) is 32.1. The van der Waals surface area contributed by atoms with Gasteiger partial charge in [-0.15, -0.1) is 0 Å². The Morgan fingerprint density at radius 2 is 0.935 bits per heavy atom. The lowest BCUT2D eigenvalue weighted by atomic mass is 10.0. The molecule has 3 heteroatoms. The van der Waals surface area contributed by atoms with E-state index in [9.17, 15) is 0 Å². The van der Waals surface area contributed by atoms with Crippen LogP contribution >= 0.6 is 0 Å². The second-order valence-corrected chi connectivity index (χ2v) is 10.8. The van der Waals surface area contributed by atoms with Gasteiger partial charge in [0.25, 0.3) is 0 Å². The summed E-state index contributed by atoms with van der Waals surface area (Å²) in [4.78, 5) is 2.61. The molecule has 0 aromatic carbocycles. The van der Waals surface area contributed by atoms with Crippen LogP contribution in [0, 0.1) is 11.8 Å². The summed E-state index contributed by atoms with van der Waals surface area (Å²) in [5.74, 6) is 1.56. The molecule has 2 N–H and O–H groups in total. The van der Waals surface area contributed by atoms with Gasteiger partial charge in [-0.05, 0) is 97.6 Å². The summed E-state index contributed by atoms with van der Waals surface area (Å²) in [6.07, 6.45) is 10.5. The minimum Gasteiger partial charge on any atom is -0.317 e. The van der Waals surface area contributed by atoms with Crippen LogP contribution in [0.15, 0.2) is 0 Å². The van der Waals surface area contributed by atoms with Crippen molar-refractivity contribution < 1.29 is 0 Å². The maximum atomic E-state index is 3.39. The number of hydrogen-bond acceptors (Lipinski definition) is 3. The van der Waals surface area contributed by atoms with Gasteiger partial charge < -0.3 is 10.6 Å². The summed E-state index contributed by atoms with van der Waals surface area (Å²) in [7, 11) is 0. The first-order valence-electron chi connectivity index (χ1n) is 13.7. The van der Waals surface area contributed by atoms with E-state index in [1.54, 1.807) is 0 Å². The number of nitrogens with one attached hydrogen (secondary N) is 2. The molecular weight excluding hydrogens is 378 g/mol. The molecule has 0 saturated heterocycles. The molecule has 192 valence electrons. The van der Waals surface area contributed by atoms with Crippen molar-refractivity contribution in [2.45, 2.75) is 133 Å². The Kier molecular flexibility index (Phi) is 29.9. The summed E-state index contributed by atoms with van der Waals surface area (Å²) in [5, 5.41) is 6.77. The molecule has 0 aromatic rings. The van der Waals surface area contributed by atoms with Crippen molar-refractivity contribution in [3.8, 4) is 0 Å². The Hall–Kier alpha value is -0.120. The molecule has 0 aliphatic carbocycles. The highest BCUT2D eigenvalue weighted by Gasteiger charge is 2.19. The summed E-state index contributed by atoms with van der Waals surface area (Å²) in [5.41, 5.74) is 0.352. The maximum absolute atomic E-state index is 3.39. The van der Waals surface area contributed by atoms with Crippen LogP contribution in [0.1, 0.15) is 128 Å². The van der Waals surface area contributed by atoms with Gasteiger partial charge in [0, 0.05) is 5.54 Å². The van der Waals surface area contributed by atoms with Gasteiger partial charge in [0.05, 0.1) is 0 Å². The van der Waals surface area contributed by atoms with Gasteiger partial charge in [-0.3, -0.25) is 4.90 Å². The zero-order chi connectivity index (χ0) is 24.5. The number of hydrogen-bond donors (Lipinski definition) is 2. The van der Waals surface area contributed by atoms with Gasteiger partial charge >= 0.3 is 0 Å². The largest absolute Gasteiger partial charge is 0.317 e. The van der Waals surface area contributed by atoms with Gasteiger partial charge in [-0.2, -0.15) is 0 Å². The Morgan fingerprint density at radius 3 is 1.19 bits per heavy atom. The standard InChI is InChI=1S/C12H27N.2C8H19N/c1-6-8-10-13(11-9-7-2)12(3,4)5;1-7(2)5-9-6-8(3)4;1-3-5-7-9-8-6-4-2/h6-11H2,1-5H3;7-9H,5-6H2,1-4H3;9H,3-8H2,1-2H3. The smallest absolute Gasteiger partial charge is 0.0125 e. The minimum absolute atomic E-state index is 0.352. The zero-order valence-electron chi connectivity index (χ0n) is 24.0. The van der Waals surface area contributed by atoms with Gasteiger partial charge in [0.2, 0.25) is 0 Å². The fourth-order valence-corrected chi connectivity index (χ4v) is 2.87. The summed E-state index contributed by atoms with van der Waals surface area (Å²) >= 11 is 0. The maximum Gasteiger partial charge on any atom is 0.0125 e. The van der Waals surface area contributed by atoms with Crippen LogP contribution in [0.3, 0.4) is 0 Å². The number of unbranched alkanes of at least 4 members (excludes halogenated alkanes) is 4. The van der Waals surface area contributed by atoms with Crippen molar-refractivity contribution in [3.05, 3.63) is 0 Å². The van der Waals surface area contributed by atoms with E-state index >= 15 is 0 Å². The third-order valence-electron chi connectivity index (χ3n) is 5.03. The summed E-state index contributed by atoms with van der Waals surface area (Å²) in [6, 6.07) is 0. The molecule has 0 aliphatic rings. The molecule has 0 aliphatic heterocycles. The quantitative estimate of drug-likeness (QED) is 0.239. The van der Waals surface area contributed by atoms with Gasteiger partial charge in [-0.25, -0.2) is 0 Å². The second kappa shape index (κ2) is 26.1. The second-order valence-electron chi connectivity index (χ2n) is 10.8. The van der Waals surface area contributed by atoms with E-state index in [0.29, 0.717) is 5.54 Å². The Balaban J connectivity index is -0.000000390. The lowest BCUT2D eigenvalue weighted by Gasteiger charge is -2.35. The first-order valence-corrected chi connectivity index (χ1v) is 13.7. The fraction of sp³-hybridized carbons (Fsp3) is 1.00. The molecule has 3 nitrogen and oxygen atoms in total. The molecule has 0 fully saturated rings. The van der Waals surface area contributed by atoms with Gasteiger partial charge in [-0.1, -0.05) is 81.1 Å². The number of nitrogens with zero attached hydrogens (tertiary/aromatic N) is 1. The third kappa shape index (κ3) is 34.7. The molecular formula is C28H65N3. The van der Waals surface area contributed by atoms with Crippen molar-refractivity contribution >= 4 is 0 Å². The molecule has 0 spiro atoms. The predicted molar refractivity (Wildman–Crippen MR) is 146 cm³/mol. The fourth-order valence-electron chi connectivity index (χ4n) is 2.87. The molecule has 0 aromatic heterocycles. The van der Waals surface area contributed by atoms with Gasteiger partial charge in [0.15, 0.2) is 0 Å². The first kappa shape index (κ1) is 35.5. The van der Waals surface area contributed by atoms with Crippen LogP contribution in [-0.2, 0) is 0 Å². The summed E-state index contributed by atoms with van der Waals surface area (Å²) < 4.78 is 0. The first-order chi connectivity index (χ1) is 14.6. The average Bonchev–Trinajstić information content (AvgIpc) is 2.67. The highest BCUT2D eigenvalue weighted by molar-refractivity contribution is 4.75. The van der Waals surface area contributed by atoms with Crippen molar-refractivity contribution in [2.24, 2.45) is 11.8 Å². The van der Waals surface area contributed by atoms with Crippen LogP contribution in [0.4, 0.5) is 0 Å². The van der Waals surface area contributed by atoms with E-state index in [0.717, 1.165) is 24.9 Å². The molecule has 0 heterocycles. The Morgan fingerprint density at radius 1 is 0.581 bits per heavy atom. The molecule has 0 atom stereocenters. The van der Waals surface area contributed by atoms with E-state index < -0.39 is 0 Å². The monoisotopic (exact) mass is 444 g/mol. The van der Waals surface area contributed by atoms with Crippen LogP contribution in [0.5, 0.6) is 0 Å². The van der Waals surface area contributed by atoms with Gasteiger partial charge in [0.1, 0.15) is 0 Å². The lowest BCUT2D eigenvalue weighted by molar-refractivity contribution is 0.132. The third-order valence-corrected chi connectivity index (χ3v) is 5.03. The molecule has 0 amide bonds. The van der Waals surface area contributed by atoms with Crippen LogP contribution < -0.4 is 10.6 Å². The van der Waals surface area contributed by atoms with E-state index in [4.69, 9.17) is 0 Å². The molecule has 0 bridgehead atoms. The highest BCUT2D eigenvalue weighted by atomic mass is 15.2. The van der Waals surface area contributed by atoms with E-state index in [2.05, 4.69) is 91.7 Å². The highest BCUT2D eigenvalue weighted by Crippen LogP contribution is 2.15. The normalized spacial score (nSPS) is 11.4. The number of rotatable bonds is 16. The van der Waals surface area contributed by atoms with E-state index in [-0.39, 0.29) is 0 Å². The average molecular weight is 444 g/mol. The lowest BCUT2D eigenvalue weighted by Crippen LogP contribution is -2.42. The van der Waals surface area contributed by atoms with Crippen LogP contribution in [0.2, 0.25) is 0 Å². The van der Waals surface area contributed by atoms with E-state index in [1.807, 2.05) is 0 Å². The molecule has 0 unspecified atom stereocenters. The van der Waals surface area contributed by atoms with Crippen molar-refractivity contribution in [2.75, 3.05) is 39.3 Å². The van der Waals surface area contributed by atoms with E-state index in [1.165, 1.54) is 77.5 Å². The van der Waals surface area contributed by atoms with Crippen molar-refractivity contribution in [1.82, 2.24) is 15.5 Å². The zero-order valence-corrected chi connectivity index (χ0v) is 24.0. The predicted octanol–water partition coefficient (Wildman–Crippen LogP) is 7.75. The van der Waals surface area contributed by atoms with Crippen molar-refractivity contribution in [3.63, 3.8) is 0 Å². The van der Waals surface area contributed by atoms with Crippen LogP contribution in [0.25, 0.3) is 0 Å². The SMILES string of the molecule is CC(C)CNCC(C)C.CCCCN(CCCC)C(C)(C)C.CCCCNCCCC. The van der Waals surface area contributed by atoms with Crippen LogP contribution in [-0.4, -0.2) is 49.7 Å². The van der Waals surface area contributed by atoms with Crippen molar-refractivity contribution in [1.29, 1.82) is 0 Å². The Labute approximate surface area is 199 Å². The molecule has 31 heavy (non-hydrogen) atoms. The topological polar surface area (TPSA) is 27.3 Å². The molecule has 0 radical (unpaired) electrons. The molecule has 0 rings (SSSR count). The Bertz CT molecular complexity index is 286.